The second-order valence-electron chi connectivity index (χ2n) is 4.43. The van der Waals surface area contributed by atoms with Crippen LogP contribution >= 0.6 is 11.3 Å². The molecule has 0 fully saturated rings. The van der Waals surface area contributed by atoms with Crippen LogP contribution < -0.4 is 10.7 Å². The van der Waals surface area contributed by atoms with Gasteiger partial charge in [0.1, 0.15) is 5.82 Å². The molecular formula is C14H14FN3S. The maximum absolute atomic E-state index is 13.0. The number of hydrogen-bond donors (Lipinski definition) is 1. The Balaban J connectivity index is 1.95. The van der Waals surface area contributed by atoms with Gasteiger partial charge in [-0.3, -0.25) is 5.01 Å². The maximum atomic E-state index is 13.0. The minimum absolute atomic E-state index is 0.170. The highest BCUT2D eigenvalue weighted by atomic mass is 32.1. The first-order chi connectivity index (χ1) is 9.28. The Morgan fingerprint density at radius 3 is 2.74 bits per heavy atom. The fourth-order valence-electron chi connectivity index (χ4n) is 2.23. The fourth-order valence-corrected chi connectivity index (χ4v) is 3.04. The van der Waals surface area contributed by atoms with Gasteiger partial charge in [0.05, 0.1) is 17.4 Å². The van der Waals surface area contributed by atoms with E-state index in [-0.39, 0.29) is 11.9 Å². The standard InChI is InChI=1S/C14H14FN3S/c15-10-3-5-12(6-4-10)18-13(8-11(9-16)17-18)14-2-1-7-19-14/h1-7,13H,8-9,16H2. The van der Waals surface area contributed by atoms with Crippen LogP contribution in [-0.2, 0) is 0 Å². The van der Waals surface area contributed by atoms with E-state index in [1.54, 1.807) is 23.5 Å². The first-order valence-corrected chi connectivity index (χ1v) is 7.00. The van der Waals surface area contributed by atoms with Crippen molar-refractivity contribution in [1.82, 2.24) is 0 Å². The van der Waals surface area contributed by atoms with E-state index in [2.05, 4.69) is 16.5 Å². The van der Waals surface area contributed by atoms with E-state index >= 15 is 0 Å². The van der Waals surface area contributed by atoms with Gasteiger partial charge in [-0.2, -0.15) is 5.10 Å². The summed E-state index contributed by atoms with van der Waals surface area (Å²) in [6.07, 6.45) is 0.828. The van der Waals surface area contributed by atoms with Gasteiger partial charge in [0.2, 0.25) is 0 Å². The topological polar surface area (TPSA) is 41.6 Å². The SMILES string of the molecule is NCC1=NN(c2ccc(F)cc2)C(c2cccs2)C1. The number of rotatable bonds is 3. The average molecular weight is 275 g/mol. The zero-order valence-corrected chi connectivity index (χ0v) is 11.1. The Kier molecular flexibility index (Phi) is 3.31. The van der Waals surface area contributed by atoms with Crippen LogP contribution in [0.25, 0.3) is 0 Å². The first-order valence-electron chi connectivity index (χ1n) is 6.12. The summed E-state index contributed by atoms with van der Waals surface area (Å²) in [4.78, 5) is 1.25. The summed E-state index contributed by atoms with van der Waals surface area (Å²) in [5, 5.41) is 8.55. The largest absolute Gasteiger partial charge is 0.325 e. The third kappa shape index (κ3) is 2.39. The van der Waals surface area contributed by atoms with E-state index in [4.69, 9.17) is 5.73 Å². The minimum Gasteiger partial charge on any atom is -0.325 e. The molecule has 1 aromatic heterocycles. The zero-order chi connectivity index (χ0) is 13.2. The second kappa shape index (κ2) is 5.11. The highest BCUT2D eigenvalue weighted by Gasteiger charge is 2.29. The van der Waals surface area contributed by atoms with Crippen LogP contribution in [-0.4, -0.2) is 12.3 Å². The molecule has 0 amide bonds. The van der Waals surface area contributed by atoms with Crippen LogP contribution in [0.15, 0.2) is 46.9 Å². The summed E-state index contributed by atoms with van der Waals surface area (Å²) in [6.45, 7) is 0.458. The van der Waals surface area contributed by atoms with E-state index in [1.165, 1.54) is 17.0 Å². The van der Waals surface area contributed by atoms with E-state index in [0.717, 1.165) is 17.8 Å². The van der Waals surface area contributed by atoms with Crippen molar-refractivity contribution in [2.24, 2.45) is 10.8 Å². The van der Waals surface area contributed by atoms with Crippen LogP contribution in [0.1, 0.15) is 17.3 Å². The molecule has 0 spiro atoms. The number of thiophene rings is 1. The van der Waals surface area contributed by atoms with Gasteiger partial charge in [0, 0.05) is 17.8 Å². The van der Waals surface area contributed by atoms with Crippen LogP contribution in [0.5, 0.6) is 0 Å². The number of anilines is 1. The lowest BCUT2D eigenvalue weighted by Crippen LogP contribution is -2.17. The van der Waals surface area contributed by atoms with Crippen molar-refractivity contribution in [3.8, 4) is 0 Å². The van der Waals surface area contributed by atoms with Crippen molar-refractivity contribution in [3.05, 3.63) is 52.5 Å². The molecule has 0 radical (unpaired) electrons. The average Bonchev–Trinajstić information content (AvgIpc) is 3.08. The molecule has 3 rings (SSSR count). The molecule has 19 heavy (non-hydrogen) atoms. The van der Waals surface area contributed by atoms with Crippen molar-refractivity contribution in [2.45, 2.75) is 12.5 Å². The number of nitrogens with zero attached hydrogens (tertiary/aromatic N) is 2. The summed E-state index contributed by atoms with van der Waals surface area (Å²) >= 11 is 1.70. The van der Waals surface area contributed by atoms with Crippen molar-refractivity contribution < 1.29 is 4.39 Å². The molecule has 5 heteroatoms. The molecular weight excluding hydrogens is 261 g/mol. The number of hydrogen-bond acceptors (Lipinski definition) is 4. The van der Waals surface area contributed by atoms with Crippen molar-refractivity contribution in [3.63, 3.8) is 0 Å². The lowest BCUT2D eigenvalue weighted by molar-refractivity contribution is 0.626. The Morgan fingerprint density at radius 2 is 2.11 bits per heavy atom. The first kappa shape index (κ1) is 12.3. The van der Waals surface area contributed by atoms with Gasteiger partial charge < -0.3 is 5.73 Å². The maximum Gasteiger partial charge on any atom is 0.123 e. The Morgan fingerprint density at radius 1 is 1.32 bits per heavy atom. The number of halogens is 1. The third-order valence-corrected chi connectivity index (χ3v) is 4.15. The quantitative estimate of drug-likeness (QED) is 0.935. The molecule has 2 heterocycles. The molecule has 2 aromatic rings. The number of hydrazone groups is 1. The Hall–Kier alpha value is -1.72. The molecule has 1 aliphatic rings. The van der Waals surface area contributed by atoms with Crippen molar-refractivity contribution in [1.29, 1.82) is 0 Å². The molecule has 1 aliphatic heterocycles. The van der Waals surface area contributed by atoms with E-state index < -0.39 is 0 Å². The summed E-state index contributed by atoms with van der Waals surface area (Å²) in [7, 11) is 0. The number of nitrogens with two attached hydrogens (primary N) is 1. The molecule has 2 N–H and O–H groups in total. The lowest BCUT2D eigenvalue weighted by Gasteiger charge is -2.22. The lowest BCUT2D eigenvalue weighted by atomic mass is 10.1. The molecule has 0 saturated heterocycles. The van der Waals surface area contributed by atoms with Crippen LogP contribution in [0.3, 0.4) is 0 Å². The summed E-state index contributed by atoms with van der Waals surface area (Å²) < 4.78 is 13.0. The Bertz CT molecular complexity index is 577. The minimum atomic E-state index is -0.237. The number of benzene rings is 1. The molecule has 3 nitrogen and oxygen atoms in total. The molecule has 1 atom stereocenters. The highest BCUT2D eigenvalue weighted by molar-refractivity contribution is 7.10. The van der Waals surface area contributed by atoms with Gasteiger partial charge in [0.25, 0.3) is 0 Å². The van der Waals surface area contributed by atoms with Gasteiger partial charge in [-0.25, -0.2) is 4.39 Å². The Labute approximate surface area is 115 Å². The molecule has 1 unspecified atom stereocenters. The van der Waals surface area contributed by atoms with Crippen LogP contribution in [0.2, 0.25) is 0 Å². The molecule has 0 bridgehead atoms. The van der Waals surface area contributed by atoms with Crippen molar-refractivity contribution >= 4 is 22.7 Å². The van der Waals surface area contributed by atoms with Gasteiger partial charge in [-0.15, -0.1) is 11.3 Å². The summed E-state index contributed by atoms with van der Waals surface area (Å²) in [5.41, 5.74) is 7.57. The van der Waals surface area contributed by atoms with Gasteiger partial charge >= 0.3 is 0 Å². The molecule has 0 aliphatic carbocycles. The van der Waals surface area contributed by atoms with Crippen molar-refractivity contribution in [2.75, 3.05) is 11.6 Å². The van der Waals surface area contributed by atoms with Gasteiger partial charge in [0.15, 0.2) is 0 Å². The summed E-state index contributed by atoms with van der Waals surface area (Å²) in [6, 6.07) is 10.7. The van der Waals surface area contributed by atoms with E-state index in [9.17, 15) is 4.39 Å². The molecule has 0 saturated carbocycles. The predicted molar refractivity (Wildman–Crippen MR) is 77.0 cm³/mol. The zero-order valence-electron chi connectivity index (χ0n) is 10.3. The third-order valence-electron chi connectivity index (χ3n) is 3.17. The van der Waals surface area contributed by atoms with E-state index in [0.29, 0.717) is 6.54 Å². The predicted octanol–water partition coefficient (Wildman–Crippen LogP) is 3.15. The van der Waals surface area contributed by atoms with Crippen LogP contribution in [0, 0.1) is 5.82 Å². The van der Waals surface area contributed by atoms with Gasteiger partial charge in [-0.1, -0.05) is 6.07 Å². The summed E-state index contributed by atoms with van der Waals surface area (Å²) in [5.74, 6) is -0.237. The van der Waals surface area contributed by atoms with Gasteiger partial charge in [-0.05, 0) is 35.7 Å². The van der Waals surface area contributed by atoms with E-state index in [1.807, 2.05) is 11.1 Å². The monoisotopic (exact) mass is 275 g/mol. The normalized spacial score (nSPS) is 18.7. The van der Waals surface area contributed by atoms with Crippen LogP contribution in [0.4, 0.5) is 10.1 Å². The molecule has 98 valence electrons. The second-order valence-corrected chi connectivity index (χ2v) is 5.41. The highest BCUT2D eigenvalue weighted by Crippen LogP contribution is 2.36. The fraction of sp³-hybridized carbons (Fsp3) is 0.214. The smallest absolute Gasteiger partial charge is 0.123 e. The molecule has 1 aromatic carbocycles.